The van der Waals surface area contributed by atoms with Gasteiger partial charge >= 0.3 is 0 Å². The second-order valence-corrected chi connectivity index (χ2v) is 3.88. The van der Waals surface area contributed by atoms with Crippen molar-refractivity contribution in [2.24, 2.45) is 0 Å². The van der Waals surface area contributed by atoms with Gasteiger partial charge in [-0.1, -0.05) is 6.92 Å². The van der Waals surface area contributed by atoms with Crippen LogP contribution >= 0.6 is 0 Å². The Labute approximate surface area is 99.8 Å². The maximum Gasteiger partial charge on any atom is 0.218 e. The summed E-state index contributed by atoms with van der Waals surface area (Å²) >= 11 is 0. The summed E-state index contributed by atoms with van der Waals surface area (Å²) in [5, 5.41) is 8.72. The summed E-state index contributed by atoms with van der Waals surface area (Å²) in [6.07, 6.45) is 0.782. The molecule has 0 saturated carbocycles. The second-order valence-electron chi connectivity index (χ2n) is 3.88. The van der Waals surface area contributed by atoms with Crippen molar-refractivity contribution in [3.8, 4) is 17.6 Å². The van der Waals surface area contributed by atoms with Gasteiger partial charge in [-0.3, -0.25) is 4.79 Å². The zero-order valence-corrected chi connectivity index (χ0v) is 9.60. The monoisotopic (exact) mass is 231 g/mol. The van der Waals surface area contributed by atoms with E-state index >= 15 is 0 Å². The van der Waals surface area contributed by atoms with Crippen LogP contribution in [-0.4, -0.2) is 18.5 Å². The SMILES string of the molecule is CCCC(=O)c1ccc2c(c1)OCC(C#N)O2. The van der Waals surface area contributed by atoms with Crippen molar-refractivity contribution in [3.05, 3.63) is 23.8 Å². The van der Waals surface area contributed by atoms with Crippen LogP contribution in [0.25, 0.3) is 0 Å². The molecule has 1 aliphatic rings. The minimum absolute atomic E-state index is 0.0984. The number of Topliss-reactive ketones (excluding diaryl/α,β-unsaturated/α-hetero) is 1. The first-order valence-electron chi connectivity index (χ1n) is 5.61. The third-order valence-corrected chi connectivity index (χ3v) is 2.55. The Hall–Kier alpha value is -2.02. The van der Waals surface area contributed by atoms with Gasteiger partial charge in [0.15, 0.2) is 17.3 Å². The van der Waals surface area contributed by atoms with Gasteiger partial charge in [0.2, 0.25) is 6.10 Å². The molecule has 4 heteroatoms. The van der Waals surface area contributed by atoms with Crippen LogP contribution in [0, 0.1) is 11.3 Å². The van der Waals surface area contributed by atoms with E-state index in [-0.39, 0.29) is 12.4 Å². The maximum absolute atomic E-state index is 11.7. The van der Waals surface area contributed by atoms with Crippen molar-refractivity contribution in [1.29, 1.82) is 5.26 Å². The number of carbonyl (C=O) groups is 1. The number of carbonyl (C=O) groups excluding carboxylic acids is 1. The largest absolute Gasteiger partial charge is 0.485 e. The van der Waals surface area contributed by atoms with Gasteiger partial charge in [0, 0.05) is 12.0 Å². The normalized spacial score (nSPS) is 17.3. The molecule has 1 heterocycles. The van der Waals surface area contributed by atoms with E-state index in [1.807, 2.05) is 13.0 Å². The summed E-state index contributed by atoms with van der Waals surface area (Å²) < 4.78 is 10.8. The molecule has 1 aromatic carbocycles. The Morgan fingerprint density at radius 2 is 2.35 bits per heavy atom. The molecule has 0 amide bonds. The van der Waals surface area contributed by atoms with Crippen molar-refractivity contribution >= 4 is 5.78 Å². The lowest BCUT2D eigenvalue weighted by Crippen LogP contribution is -2.27. The van der Waals surface area contributed by atoms with E-state index in [0.717, 1.165) is 6.42 Å². The zero-order chi connectivity index (χ0) is 12.3. The molecule has 88 valence electrons. The maximum atomic E-state index is 11.7. The van der Waals surface area contributed by atoms with Crippen LogP contribution in [0.5, 0.6) is 11.5 Å². The molecular weight excluding hydrogens is 218 g/mol. The molecule has 1 aliphatic heterocycles. The van der Waals surface area contributed by atoms with Gasteiger partial charge < -0.3 is 9.47 Å². The molecule has 4 nitrogen and oxygen atoms in total. The number of fused-ring (bicyclic) bond motifs is 1. The van der Waals surface area contributed by atoms with Crippen molar-refractivity contribution in [3.63, 3.8) is 0 Å². The Morgan fingerprint density at radius 1 is 1.53 bits per heavy atom. The van der Waals surface area contributed by atoms with Gasteiger partial charge in [-0.25, -0.2) is 0 Å². The van der Waals surface area contributed by atoms with Crippen LogP contribution in [0.1, 0.15) is 30.1 Å². The number of benzene rings is 1. The van der Waals surface area contributed by atoms with E-state index in [0.29, 0.717) is 23.5 Å². The second kappa shape index (κ2) is 4.88. The highest BCUT2D eigenvalue weighted by Crippen LogP contribution is 2.32. The highest BCUT2D eigenvalue weighted by molar-refractivity contribution is 5.96. The molecule has 0 fully saturated rings. The van der Waals surface area contributed by atoms with Gasteiger partial charge in [-0.2, -0.15) is 5.26 Å². The molecule has 1 unspecified atom stereocenters. The molecule has 0 bridgehead atoms. The Balaban J connectivity index is 2.22. The predicted molar refractivity (Wildman–Crippen MR) is 61.2 cm³/mol. The standard InChI is InChI=1S/C13H13NO3/c1-2-3-11(15)9-4-5-12-13(6-9)16-8-10(7-14)17-12/h4-6,10H,2-3,8H2,1H3. The molecule has 0 radical (unpaired) electrons. The van der Waals surface area contributed by atoms with Crippen LogP contribution < -0.4 is 9.47 Å². The first kappa shape index (κ1) is 11.5. The van der Waals surface area contributed by atoms with Crippen molar-refractivity contribution in [1.82, 2.24) is 0 Å². The smallest absolute Gasteiger partial charge is 0.218 e. The van der Waals surface area contributed by atoms with E-state index < -0.39 is 6.10 Å². The van der Waals surface area contributed by atoms with E-state index in [9.17, 15) is 4.79 Å². The summed E-state index contributed by atoms with van der Waals surface area (Å²) in [4.78, 5) is 11.7. The van der Waals surface area contributed by atoms with E-state index in [1.54, 1.807) is 18.2 Å². The molecule has 1 atom stereocenters. The van der Waals surface area contributed by atoms with Crippen LogP contribution in [-0.2, 0) is 0 Å². The van der Waals surface area contributed by atoms with Crippen molar-refractivity contribution in [2.45, 2.75) is 25.9 Å². The zero-order valence-electron chi connectivity index (χ0n) is 9.60. The lowest BCUT2D eigenvalue weighted by Gasteiger charge is -2.22. The third-order valence-electron chi connectivity index (χ3n) is 2.55. The fraction of sp³-hybridized carbons (Fsp3) is 0.385. The van der Waals surface area contributed by atoms with Crippen LogP contribution in [0.3, 0.4) is 0 Å². The van der Waals surface area contributed by atoms with E-state index in [4.69, 9.17) is 14.7 Å². The fourth-order valence-corrected chi connectivity index (χ4v) is 1.68. The van der Waals surface area contributed by atoms with Crippen LogP contribution in [0.2, 0.25) is 0 Å². The number of ether oxygens (including phenoxy) is 2. The molecule has 0 aromatic heterocycles. The molecule has 0 saturated heterocycles. The summed E-state index contributed by atoms with van der Waals surface area (Å²) in [5.74, 6) is 1.16. The molecule has 0 N–H and O–H groups in total. The number of ketones is 1. The first-order chi connectivity index (χ1) is 8.24. The van der Waals surface area contributed by atoms with Crippen molar-refractivity contribution in [2.75, 3.05) is 6.61 Å². The first-order valence-corrected chi connectivity index (χ1v) is 5.61. The third kappa shape index (κ3) is 2.39. The molecule has 0 aliphatic carbocycles. The topological polar surface area (TPSA) is 59.3 Å². The number of nitrogens with zero attached hydrogens (tertiary/aromatic N) is 1. The predicted octanol–water partition coefficient (Wildman–Crippen LogP) is 2.33. The van der Waals surface area contributed by atoms with Gasteiger partial charge in [-0.05, 0) is 24.6 Å². The number of rotatable bonds is 3. The van der Waals surface area contributed by atoms with Gasteiger partial charge in [0.05, 0.1) is 0 Å². The molecule has 2 rings (SSSR count). The fourth-order valence-electron chi connectivity index (χ4n) is 1.68. The Bertz CT molecular complexity index is 476. The van der Waals surface area contributed by atoms with E-state index in [1.165, 1.54) is 0 Å². The van der Waals surface area contributed by atoms with Gasteiger partial charge in [-0.15, -0.1) is 0 Å². The molecular formula is C13H13NO3. The summed E-state index contributed by atoms with van der Waals surface area (Å²) in [7, 11) is 0. The lowest BCUT2D eigenvalue weighted by molar-refractivity contribution is 0.0979. The minimum atomic E-state index is -0.570. The quantitative estimate of drug-likeness (QED) is 0.749. The minimum Gasteiger partial charge on any atom is -0.485 e. The van der Waals surface area contributed by atoms with Crippen LogP contribution in [0.15, 0.2) is 18.2 Å². The highest BCUT2D eigenvalue weighted by Gasteiger charge is 2.21. The average Bonchev–Trinajstić information content (AvgIpc) is 2.37. The summed E-state index contributed by atoms with van der Waals surface area (Å²) in [5.41, 5.74) is 0.629. The molecule has 17 heavy (non-hydrogen) atoms. The van der Waals surface area contributed by atoms with Crippen LogP contribution in [0.4, 0.5) is 0 Å². The number of hydrogen-bond acceptors (Lipinski definition) is 4. The molecule has 1 aromatic rings. The lowest BCUT2D eigenvalue weighted by atomic mass is 10.1. The molecule has 0 spiro atoms. The Kier molecular flexibility index (Phi) is 3.29. The van der Waals surface area contributed by atoms with Gasteiger partial charge in [0.1, 0.15) is 12.7 Å². The average molecular weight is 231 g/mol. The number of nitriles is 1. The van der Waals surface area contributed by atoms with Gasteiger partial charge in [0.25, 0.3) is 0 Å². The summed E-state index contributed by atoms with van der Waals surface area (Å²) in [6, 6.07) is 7.06. The van der Waals surface area contributed by atoms with E-state index in [2.05, 4.69) is 0 Å². The highest BCUT2D eigenvalue weighted by atomic mass is 16.6. The van der Waals surface area contributed by atoms with Crippen molar-refractivity contribution < 1.29 is 14.3 Å². The number of hydrogen-bond donors (Lipinski definition) is 0. The summed E-state index contributed by atoms with van der Waals surface area (Å²) in [6.45, 7) is 2.17. The Morgan fingerprint density at radius 3 is 3.06 bits per heavy atom.